The molecule has 0 spiro atoms. The third-order valence-electron chi connectivity index (χ3n) is 3.01. The molecule has 0 N–H and O–H groups in total. The fraction of sp³-hybridized carbons (Fsp3) is 0.444. The zero-order valence-electron chi connectivity index (χ0n) is 15.0. The Kier molecular flexibility index (Phi) is 9.96. The van der Waals surface area contributed by atoms with Crippen LogP contribution < -0.4 is 4.74 Å². The number of hydrogen-bond acceptors (Lipinski definition) is 7. The van der Waals surface area contributed by atoms with E-state index >= 15 is 0 Å². The number of rotatable bonds is 11. The molecule has 0 fully saturated rings. The highest BCUT2D eigenvalue weighted by Crippen LogP contribution is 2.21. The number of esters is 2. The Morgan fingerprint density at radius 3 is 2.50 bits per heavy atom. The highest BCUT2D eigenvalue weighted by molar-refractivity contribution is 5.87. The average Bonchev–Trinajstić information content (AvgIpc) is 2.60. The van der Waals surface area contributed by atoms with Gasteiger partial charge in [0.1, 0.15) is 17.7 Å². The van der Waals surface area contributed by atoms with Gasteiger partial charge in [-0.3, -0.25) is 0 Å². The van der Waals surface area contributed by atoms with E-state index in [0.29, 0.717) is 0 Å². The lowest BCUT2D eigenvalue weighted by atomic mass is 10.2. The van der Waals surface area contributed by atoms with Crippen molar-refractivity contribution in [1.82, 2.24) is 0 Å². The molecular formula is C18H23FO7. The fourth-order valence-electron chi connectivity index (χ4n) is 1.97. The maximum absolute atomic E-state index is 13.4. The Hall–Kier alpha value is -2.45. The van der Waals surface area contributed by atoms with E-state index in [2.05, 4.69) is 0 Å². The van der Waals surface area contributed by atoms with Crippen molar-refractivity contribution in [3.05, 3.63) is 35.7 Å². The molecule has 0 bridgehead atoms. The summed E-state index contributed by atoms with van der Waals surface area (Å²) in [6.07, 6.45) is 1.94. The predicted molar refractivity (Wildman–Crippen MR) is 91.2 cm³/mol. The molecule has 26 heavy (non-hydrogen) atoms. The number of halogens is 1. The third kappa shape index (κ3) is 8.09. The van der Waals surface area contributed by atoms with Crippen LogP contribution in [0, 0.1) is 5.82 Å². The first-order valence-corrected chi connectivity index (χ1v) is 7.94. The van der Waals surface area contributed by atoms with Crippen molar-refractivity contribution in [1.29, 1.82) is 0 Å². The van der Waals surface area contributed by atoms with Gasteiger partial charge in [0.2, 0.25) is 0 Å². The van der Waals surface area contributed by atoms with Crippen LogP contribution in [-0.4, -0.2) is 58.7 Å². The molecule has 0 radical (unpaired) electrons. The van der Waals surface area contributed by atoms with Gasteiger partial charge in [-0.2, -0.15) is 0 Å². The third-order valence-corrected chi connectivity index (χ3v) is 3.01. The number of hydrogen-bond donors (Lipinski definition) is 0. The summed E-state index contributed by atoms with van der Waals surface area (Å²) in [6, 6.07) is 3.71. The van der Waals surface area contributed by atoms with Crippen molar-refractivity contribution in [3.63, 3.8) is 0 Å². The summed E-state index contributed by atoms with van der Waals surface area (Å²) < 4.78 is 38.6. The fourth-order valence-corrected chi connectivity index (χ4v) is 1.97. The van der Waals surface area contributed by atoms with Gasteiger partial charge in [0.15, 0.2) is 6.61 Å². The van der Waals surface area contributed by atoms with Crippen LogP contribution in [0.2, 0.25) is 0 Å². The SMILES string of the molecule is CCOC(=O)/C=C/c1cc(F)ccc1OCC(=O)OC(COC)COC. The first-order valence-electron chi connectivity index (χ1n) is 7.94. The molecule has 0 aromatic heterocycles. The largest absolute Gasteiger partial charge is 0.481 e. The minimum absolute atomic E-state index is 0.184. The van der Waals surface area contributed by atoms with E-state index in [-0.39, 0.29) is 31.1 Å². The Bertz CT molecular complexity index is 610. The van der Waals surface area contributed by atoms with Gasteiger partial charge in [-0.1, -0.05) is 0 Å². The predicted octanol–water partition coefficient (Wildman–Crippen LogP) is 1.99. The molecule has 0 saturated carbocycles. The van der Waals surface area contributed by atoms with Crippen molar-refractivity contribution in [2.24, 2.45) is 0 Å². The van der Waals surface area contributed by atoms with Crippen LogP contribution in [0.3, 0.4) is 0 Å². The number of methoxy groups -OCH3 is 2. The van der Waals surface area contributed by atoms with Crippen molar-refractivity contribution in [3.8, 4) is 5.75 Å². The van der Waals surface area contributed by atoms with E-state index in [1.807, 2.05) is 0 Å². The second-order valence-corrected chi connectivity index (χ2v) is 5.08. The second-order valence-electron chi connectivity index (χ2n) is 5.08. The van der Waals surface area contributed by atoms with Gasteiger partial charge in [-0.25, -0.2) is 14.0 Å². The lowest BCUT2D eigenvalue weighted by Gasteiger charge is -2.16. The Morgan fingerprint density at radius 2 is 1.88 bits per heavy atom. The van der Waals surface area contributed by atoms with E-state index < -0.39 is 30.5 Å². The standard InChI is InChI=1S/C18H23FO7/c1-4-24-17(20)8-5-13-9-14(19)6-7-16(13)25-12-18(21)26-15(10-22-2)11-23-3/h5-9,15H,4,10-12H2,1-3H3/b8-5+. The zero-order valence-corrected chi connectivity index (χ0v) is 15.0. The van der Waals surface area contributed by atoms with Crippen LogP contribution in [0.1, 0.15) is 12.5 Å². The second kappa shape index (κ2) is 12.0. The van der Waals surface area contributed by atoms with E-state index in [1.165, 1.54) is 38.5 Å². The lowest BCUT2D eigenvalue weighted by molar-refractivity contribution is -0.157. The molecule has 0 unspecified atom stereocenters. The maximum Gasteiger partial charge on any atom is 0.344 e. The van der Waals surface area contributed by atoms with Crippen LogP contribution in [0.5, 0.6) is 5.75 Å². The maximum atomic E-state index is 13.4. The first-order chi connectivity index (χ1) is 12.5. The monoisotopic (exact) mass is 370 g/mol. The zero-order chi connectivity index (χ0) is 19.4. The van der Waals surface area contributed by atoms with Gasteiger partial charge >= 0.3 is 11.9 Å². The van der Waals surface area contributed by atoms with Gasteiger partial charge in [-0.15, -0.1) is 0 Å². The quantitative estimate of drug-likeness (QED) is 0.435. The molecule has 1 rings (SSSR count). The van der Waals surface area contributed by atoms with Crippen molar-refractivity contribution in [2.45, 2.75) is 13.0 Å². The van der Waals surface area contributed by atoms with Crippen LogP contribution in [0.25, 0.3) is 6.08 Å². The minimum atomic E-state index is -0.631. The van der Waals surface area contributed by atoms with Crippen LogP contribution >= 0.6 is 0 Å². The Labute approximate surface area is 151 Å². The molecule has 0 aliphatic heterocycles. The molecule has 144 valence electrons. The topological polar surface area (TPSA) is 80.3 Å². The number of carbonyl (C=O) groups excluding carboxylic acids is 2. The van der Waals surface area contributed by atoms with Crippen molar-refractivity contribution in [2.75, 3.05) is 40.6 Å². The number of ether oxygens (including phenoxy) is 5. The normalized spacial score (nSPS) is 11.0. The highest BCUT2D eigenvalue weighted by atomic mass is 19.1. The van der Waals surface area contributed by atoms with E-state index in [9.17, 15) is 14.0 Å². The number of benzene rings is 1. The molecule has 0 saturated heterocycles. The molecule has 1 aromatic rings. The van der Waals surface area contributed by atoms with Gasteiger partial charge in [0.05, 0.1) is 19.8 Å². The smallest absolute Gasteiger partial charge is 0.344 e. The van der Waals surface area contributed by atoms with E-state index in [4.69, 9.17) is 23.7 Å². The first kappa shape index (κ1) is 21.6. The molecule has 1 aromatic carbocycles. The molecule has 0 amide bonds. The summed E-state index contributed by atoms with van der Waals surface area (Å²) in [5, 5.41) is 0. The summed E-state index contributed by atoms with van der Waals surface area (Å²) in [6.45, 7) is 1.88. The van der Waals surface area contributed by atoms with Gasteiger partial charge < -0.3 is 23.7 Å². The van der Waals surface area contributed by atoms with Crippen molar-refractivity contribution >= 4 is 18.0 Å². The molecule has 0 heterocycles. The minimum Gasteiger partial charge on any atom is -0.481 e. The van der Waals surface area contributed by atoms with Gasteiger partial charge in [0.25, 0.3) is 0 Å². The Morgan fingerprint density at radius 1 is 1.19 bits per heavy atom. The molecule has 0 atom stereocenters. The molecule has 0 aliphatic carbocycles. The average molecular weight is 370 g/mol. The molecule has 0 aliphatic rings. The van der Waals surface area contributed by atoms with Crippen LogP contribution in [-0.2, 0) is 28.5 Å². The molecular weight excluding hydrogens is 347 g/mol. The number of carbonyl (C=O) groups is 2. The summed E-state index contributed by atoms with van der Waals surface area (Å²) in [5.74, 6) is -1.49. The lowest BCUT2D eigenvalue weighted by Crippen LogP contribution is -2.30. The van der Waals surface area contributed by atoms with Gasteiger partial charge in [-0.05, 0) is 31.2 Å². The Balaban J connectivity index is 2.71. The highest BCUT2D eigenvalue weighted by Gasteiger charge is 2.15. The summed E-state index contributed by atoms with van der Waals surface area (Å²) >= 11 is 0. The van der Waals surface area contributed by atoms with E-state index in [1.54, 1.807) is 6.92 Å². The van der Waals surface area contributed by atoms with Crippen LogP contribution in [0.4, 0.5) is 4.39 Å². The van der Waals surface area contributed by atoms with Crippen molar-refractivity contribution < 1.29 is 37.7 Å². The molecule has 7 nitrogen and oxygen atoms in total. The summed E-state index contributed by atoms with van der Waals surface area (Å²) in [5.41, 5.74) is 0.288. The molecule has 8 heteroatoms. The summed E-state index contributed by atoms with van der Waals surface area (Å²) in [4.78, 5) is 23.3. The van der Waals surface area contributed by atoms with Crippen LogP contribution in [0.15, 0.2) is 24.3 Å². The summed E-state index contributed by atoms with van der Waals surface area (Å²) in [7, 11) is 2.96. The van der Waals surface area contributed by atoms with Gasteiger partial charge in [0, 0.05) is 25.9 Å². The van der Waals surface area contributed by atoms with E-state index in [0.717, 1.165) is 6.08 Å².